The van der Waals surface area contributed by atoms with Gasteiger partial charge in [-0.1, -0.05) is 39.9 Å². The highest BCUT2D eigenvalue weighted by Crippen LogP contribution is 2.36. The van der Waals surface area contributed by atoms with Gasteiger partial charge in [0.05, 0.1) is 9.83 Å². The molecule has 19 heavy (non-hydrogen) atoms. The maximum Gasteiger partial charge on any atom is 0.312 e. The van der Waals surface area contributed by atoms with Gasteiger partial charge in [0.25, 0.3) is 5.91 Å². The van der Waals surface area contributed by atoms with Crippen LogP contribution in [0.15, 0.2) is 21.5 Å². The highest BCUT2D eigenvalue weighted by atomic mass is 79.9. The van der Waals surface area contributed by atoms with Crippen molar-refractivity contribution < 1.29 is 14.8 Å². The molecule has 2 rings (SSSR count). The number of hydrogen-bond donors (Lipinski definition) is 2. The fourth-order valence-electron chi connectivity index (χ4n) is 1.42. The number of nitrogens with zero attached hydrogens (tertiary/aromatic N) is 1. The molecule has 0 aromatic heterocycles. The number of benzene rings is 1. The molecule has 0 saturated carbocycles. The van der Waals surface area contributed by atoms with Crippen molar-refractivity contribution in [1.82, 2.24) is 5.32 Å². The van der Waals surface area contributed by atoms with E-state index in [0.717, 1.165) is 11.8 Å². The van der Waals surface area contributed by atoms with E-state index in [-0.39, 0.29) is 10.5 Å². The van der Waals surface area contributed by atoms with Crippen molar-refractivity contribution in [1.29, 1.82) is 0 Å². The molecule has 0 unspecified atom stereocenters. The van der Waals surface area contributed by atoms with Gasteiger partial charge in [-0.15, -0.1) is 0 Å². The molecule has 1 heterocycles. The van der Waals surface area contributed by atoms with E-state index >= 15 is 0 Å². The van der Waals surface area contributed by atoms with Gasteiger partial charge in [0.15, 0.2) is 0 Å². The Morgan fingerprint density at radius 3 is 2.74 bits per heavy atom. The summed E-state index contributed by atoms with van der Waals surface area (Å²) in [6.45, 7) is 0. The first kappa shape index (κ1) is 14.0. The maximum absolute atomic E-state index is 11.5. The summed E-state index contributed by atoms with van der Waals surface area (Å²) in [7, 11) is 0. The summed E-state index contributed by atoms with van der Waals surface area (Å²) in [5, 5.41) is 23.0. The standard InChI is InChI=1S/C10H5BrN2O4S2/c11-5-1-4(8(14)6(3-5)13(16)17)2-7-9(15)12-10(18)19-7/h1-3,14H,(H,12,15,18)/b7-2-. The SMILES string of the molecule is O=C1NC(=S)S/C1=C\c1cc(Br)cc([N+](=O)[O-])c1O. The van der Waals surface area contributed by atoms with Gasteiger partial charge in [-0.25, -0.2) is 0 Å². The minimum absolute atomic E-state index is 0.170. The number of carbonyl (C=O) groups excluding carboxylic acids is 1. The van der Waals surface area contributed by atoms with Crippen LogP contribution in [0.3, 0.4) is 0 Å². The molecule has 1 amide bonds. The number of aromatic hydroxyl groups is 1. The Hall–Kier alpha value is -1.45. The van der Waals surface area contributed by atoms with Gasteiger partial charge in [-0.2, -0.15) is 0 Å². The Labute approximate surface area is 125 Å². The molecule has 1 aromatic carbocycles. The Balaban J connectivity index is 2.52. The number of amides is 1. The third kappa shape index (κ3) is 2.94. The summed E-state index contributed by atoms with van der Waals surface area (Å²) in [6.07, 6.45) is 1.35. The first-order valence-corrected chi connectivity index (χ1v) is 6.82. The van der Waals surface area contributed by atoms with Crippen LogP contribution in [-0.4, -0.2) is 20.3 Å². The molecule has 0 atom stereocenters. The molecule has 1 aromatic rings. The minimum atomic E-state index is -0.700. The highest BCUT2D eigenvalue weighted by Gasteiger charge is 2.24. The van der Waals surface area contributed by atoms with Crippen LogP contribution in [0.4, 0.5) is 5.69 Å². The van der Waals surface area contributed by atoms with E-state index < -0.39 is 22.3 Å². The zero-order valence-electron chi connectivity index (χ0n) is 9.05. The largest absolute Gasteiger partial charge is 0.502 e. The van der Waals surface area contributed by atoms with Crippen molar-refractivity contribution in [3.8, 4) is 5.75 Å². The number of phenolic OH excluding ortho intramolecular Hbond substituents is 1. The van der Waals surface area contributed by atoms with Crippen molar-refractivity contribution in [2.24, 2.45) is 0 Å². The van der Waals surface area contributed by atoms with Crippen molar-refractivity contribution in [3.63, 3.8) is 0 Å². The molecule has 0 bridgehead atoms. The molecule has 0 spiro atoms. The predicted molar refractivity (Wildman–Crippen MR) is 78.8 cm³/mol. The first-order chi connectivity index (χ1) is 8.88. The number of hydrogen-bond acceptors (Lipinski definition) is 6. The molecule has 0 radical (unpaired) electrons. The molecule has 1 aliphatic heterocycles. The van der Waals surface area contributed by atoms with E-state index in [9.17, 15) is 20.0 Å². The lowest BCUT2D eigenvalue weighted by Crippen LogP contribution is -2.17. The summed E-state index contributed by atoms with van der Waals surface area (Å²) in [5.41, 5.74) is -0.268. The summed E-state index contributed by atoms with van der Waals surface area (Å²) in [4.78, 5) is 21.8. The Bertz CT molecular complexity index is 645. The second-order valence-electron chi connectivity index (χ2n) is 3.47. The third-order valence-corrected chi connectivity index (χ3v) is 3.83. The number of thiocarbonyl (C=S) groups is 1. The van der Waals surface area contributed by atoms with Crippen LogP contribution in [0, 0.1) is 10.1 Å². The second-order valence-corrected chi connectivity index (χ2v) is 6.11. The van der Waals surface area contributed by atoms with Gasteiger partial charge in [0.1, 0.15) is 4.32 Å². The van der Waals surface area contributed by atoms with Gasteiger partial charge < -0.3 is 10.4 Å². The molecular weight excluding hydrogens is 356 g/mol. The monoisotopic (exact) mass is 360 g/mol. The molecule has 9 heteroatoms. The van der Waals surface area contributed by atoms with Gasteiger partial charge in [0.2, 0.25) is 5.75 Å². The van der Waals surface area contributed by atoms with Crippen LogP contribution in [0.1, 0.15) is 5.56 Å². The lowest BCUT2D eigenvalue weighted by Gasteiger charge is -2.02. The first-order valence-electron chi connectivity index (χ1n) is 4.80. The highest BCUT2D eigenvalue weighted by molar-refractivity contribution is 9.10. The van der Waals surface area contributed by atoms with E-state index in [0.29, 0.717) is 8.79 Å². The number of halogens is 1. The van der Waals surface area contributed by atoms with Crippen molar-refractivity contribution in [2.45, 2.75) is 0 Å². The number of thioether (sulfide) groups is 1. The third-order valence-electron chi connectivity index (χ3n) is 2.21. The van der Waals surface area contributed by atoms with Crippen LogP contribution >= 0.6 is 39.9 Å². The van der Waals surface area contributed by atoms with E-state index in [4.69, 9.17) is 12.2 Å². The smallest absolute Gasteiger partial charge is 0.312 e. The topological polar surface area (TPSA) is 92.5 Å². The predicted octanol–water partition coefficient (Wildman–Crippen LogP) is 2.55. The average Bonchev–Trinajstić information content (AvgIpc) is 2.61. The Morgan fingerprint density at radius 2 is 2.21 bits per heavy atom. The second kappa shape index (κ2) is 5.27. The summed E-state index contributed by atoms with van der Waals surface area (Å²) in [6, 6.07) is 2.66. The van der Waals surface area contributed by atoms with Gasteiger partial charge >= 0.3 is 5.69 Å². The summed E-state index contributed by atoms with van der Waals surface area (Å²) >= 11 is 8.97. The van der Waals surface area contributed by atoms with Crippen LogP contribution < -0.4 is 5.32 Å². The molecule has 98 valence electrons. The zero-order valence-corrected chi connectivity index (χ0v) is 12.3. The van der Waals surface area contributed by atoms with Crippen LogP contribution in [0.25, 0.3) is 6.08 Å². The van der Waals surface area contributed by atoms with E-state index in [2.05, 4.69) is 21.2 Å². The minimum Gasteiger partial charge on any atom is -0.502 e. The van der Waals surface area contributed by atoms with Crippen molar-refractivity contribution in [3.05, 3.63) is 37.2 Å². The number of nitro groups is 1. The van der Waals surface area contributed by atoms with E-state index in [1.165, 1.54) is 18.2 Å². The van der Waals surface area contributed by atoms with Crippen molar-refractivity contribution >= 4 is 61.9 Å². The lowest BCUT2D eigenvalue weighted by molar-refractivity contribution is -0.385. The van der Waals surface area contributed by atoms with Gasteiger partial charge in [-0.3, -0.25) is 14.9 Å². The lowest BCUT2D eigenvalue weighted by atomic mass is 10.1. The molecular formula is C10H5BrN2O4S2. The molecule has 2 N–H and O–H groups in total. The fraction of sp³-hybridized carbons (Fsp3) is 0. The number of rotatable bonds is 2. The molecule has 0 aliphatic carbocycles. The number of nitro benzene ring substituents is 1. The summed E-state index contributed by atoms with van der Waals surface area (Å²) < 4.78 is 0.732. The van der Waals surface area contributed by atoms with Gasteiger partial charge in [0, 0.05) is 16.1 Å². The Kier molecular flexibility index (Phi) is 3.88. The number of nitrogens with one attached hydrogen (secondary N) is 1. The van der Waals surface area contributed by atoms with Crippen molar-refractivity contribution in [2.75, 3.05) is 0 Å². The van der Waals surface area contributed by atoms with Crippen LogP contribution in [-0.2, 0) is 4.79 Å². The molecule has 1 aliphatic rings. The number of phenols is 1. The molecule has 1 fully saturated rings. The average molecular weight is 361 g/mol. The van der Waals surface area contributed by atoms with Crippen LogP contribution in [0.5, 0.6) is 5.75 Å². The zero-order chi connectivity index (χ0) is 14.2. The quantitative estimate of drug-likeness (QED) is 0.364. The maximum atomic E-state index is 11.5. The van der Waals surface area contributed by atoms with Crippen LogP contribution in [0.2, 0.25) is 0 Å². The van der Waals surface area contributed by atoms with E-state index in [1.54, 1.807) is 0 Å². The van der Waals surface area contributed by atoms with Gasteiger partial charge in [-0.05, 0) is 12.1 Å². The van der Waals surface area contributed by atoms with E-state index in [1.807, 2.05) is 0 Å². The molecule has 1 saturated heterocycles. The molecule has 6 nitrogen and oxygen atoms in total. The summed E-state index contributed by atoms with van der Waals surface area (Å²) in [5.74, 6) is -0.885. The number of carbonyl (C=O) groups is 1. The normalized spacial score (nSPS) is 16.8. The Morgan fingerprint density at radius 1 is 1.53 bits per heavy atom. The fourth-order valence-corrected chi connectivity index (χ4v) is 2.92.